The highest BCUT2D eigenvalue weighted by Crippen LogP contribution is 2.31. The number of benzene rings is 1. The van der Waals surface area contributed by atoms with Crippen LogP contribution in [0.25, 0.3) is 0 Å². The van der Waals surface area contributed by atoms with Gasteiger partial charge in [0.2, 0.25) is 0 Å². The van der Waals surface area contributed by atoms with Gasteiger partial charge in [-0.2, -0.15) is 13.2 Å². The number of hydrogen-bond acceptors (Lipinski definition) is 3. The molecule has 1 N–H and O–H groups in total. The number of halogens is 4. The largest absolute Gasteiger partial charge is 0.466 e. The minimum absolute atomic E-state index is 0.363. The fraction of sp³-hybridized carbons (Fsp3) is 0.0667. The van der Waals surface area contributed by atoms with Gasteiger partial charge >= 0.3 is 6.18 Å². The number of anilines is 1. The van der Waals surface area contributed by atoms with E-state index >= 15 is 0 Å². The van der Waals surface area contributed by atoms with Gasteiger partial charge in [-0.15, -0.1) is 0 Å². The van der Waals surface area contributed by atoms with Gasteiger partial charge in [-0.25, -0.2) is 4.98 Å². The number of aromatic nitrogens is 1. The van der Waals surface area contributed by atoms with E-state index in [1.54, 1.807) is 12.1 Å². The van der Waals surface area contributed by atoms with Crippen molar-refractivity contribution in [2.75, 3.05) is 5.32 Å². The molecule has 0 radical (unpaired) electrons. The lowest BCUT2D eigenvalue weighted by Crippen LogP contribution is -2.16. The molecule has 0 saturated carbocycles. The number of pyridine rings is 1. The van der Waals surface area contributed by atoms with E-state index in [0.29, 0.717) is 23.6 Å². The number of carbonyl (C=O) groups is 1. The van der Waals surface area contributed by atoms with Crippen LogP contribution in [0.15, 0.2) is 49.2 Å². The first-order valence-corrected chi connectivity index (χ1v) is 6.61. The van der Waals surface area contributed by atoms with E-state index in [-0.39, 0.29) is 0 Å². The van der Waals surface area contributed by atoms with Crippen molar-refractivity contribution in [3.05, 3.63) is 65.6 Å². The van der Waals surface area contributed by atoms with Crippen LogP contribution in [0.5, 0.6) is 5.75 Å². The van der Waals surface area contributed by atoms with Crippen LogP contribution in [0.1, 0.15) is 16.1 Å². The second kappa shape index (κ2) is 6.70. The second-order valence-corrected chi connectivity index (χ2v) is 4.71. The molecule has 1 aromatic heterocycles. The van der Waals surface area contributed by atoms with Crippen LogP contribution in [0.4, 0.5) is 18.9 Å². The zero-order valence-electron chi connectivity index (χ0n) is 11.5. The predicted molar refractivity (Wildman–Crippen MR) is 79.5 cm³/mol. The fourth-order valence-corrected chi connectivity index (χ4v) is 1.89. The van der Waals surface area contributed by atoms with E-state index in [1.807, 2.05) is 0 Å². The Bertz CT molecular complexity index is 730. The molecule has 1 amide bonds. The molecule has 2 aromatic rings. The molecule has 4 nitrogen and oxygen atoms in total. The van der Waals surface area contributed by atoms with Gasteiger partial charge in [0.1, 0.15) is 16.6 Å². The van der Waals surface area contributed by atoms with Crippen LogP contribution < -0.4 is 10.1 Å². The number of amides is 1. The molecule has 2 rings (SSSR count). The summed E-state index contributed by atoms with van der Waals surface area (Å²) in [5.74, 6) is -0.311. The average molecular weight is 343 g/mol. The summed E-state index contributed by atoms with van der Waals surface area (Å²) < 4.78 is 43.2. The lowest BCUT2D eigenvalue weighted by molar-refractivity contribution is -0.137. The van der Waals surface area contributed by atoms with E-state index in [1.165, 1.54) is 18.4 Å². The molecule has 0 aliphatic heterocycles. The van der Waals surface area contributed by atoms with Gasteiger partial charge < -0.3 is 10.1 Å². The van der Waals surface area contributed by atoms with Crippen LogP contribution in [0, 0.1) is 0 Å². The van der Waals surface area contributed by atoms with E-state index in [9.17, 15) is 18.0 Å². The standard InChI is InChI=1S/C15H10ClF3N2O2/c1-2-23-11-5-3-10(4-6-11)20-14(22)12-7-9(15(17,18)19)8-13(16)21-12/h2-8H,1H2,(H,20,22). The first-order valence-electron chi connectivity index (χ1n) is 6.23. The molecule has 0 bridgehead atoms. The summed E-state index contributed by atoms with van der Waals surface area (Å²) in [6, 6.07) is 7.45. The number of rotatable bonds is 4. The molecule has 1 heterocycles. The minimum Gasteiger partial charge on any atom is -0.466 e. The maximum absolute atomic E-state index is 12.7. The molecular formula is C15H10ClF3N2O2. The molecule has 0 atom stereocenters. The highest BCUT2D eigenvalue weighted by Gasteiger charge is 2.32. The monoisotopic (exact) mass is 342 g/mol. The number of ether oxygens (including phenoxy) is 1. The maximum atomic E-state index is 12.7. The molecule has 0 fully saturated rings. The van der Waals surface area contributed by atoms with Gasteiger partial charge in [0.05, 0.1) is 11.8 Å². The van der Waals surface area contributed by atoms with E-state index in [2.05, 4.69) is 16.9 Å². The smallest absolute Gasteiger partial charge is 0.416 e. The SMILES string of the molecule is C=COc1ccc(NC(=O)c2cc(C(F)(F)F)cc(Cl)n2)cc1. The highest BCUT2D eigenvalue weighted by molar-refractivity contribution is 6.29. The van der Waals surface area contributed by atoms with Crippen molar-refractivity contribution in [1.29, 1.82) is 0 Å². The predicted octanol–water partition coefficient (Wildman–Crippen LogP) is 4.53. The van der Waals surface area contributed by atoms with Crippen LogP contribution >= 0.6 is 11.6 Å². The lowest BCUT2D eigenvalue weighted by Gasteiger charge is -2.10. The number of nitrogens with one attached hydrogen (secondary N) is 1. The second-order valence-electron chi connectivity index (χ2n) is 4.32. The molecule has 0 unspecified atom stereocenters. The Morgan fingerprint density at radius 2 is 1.91 bits per heavy atom. The Morgan fingerprint density at radius 3 is 2.48 bits per heavy atom. The van der Waals surface area contributed by atoms with Crippen molar-refractivity contribution < 1.29 is 22.7 Å². The number of nitrogens with zero attached hydrogens (tertiary/aromatic N) is 1. The van der Waals surface area contributed by atoms with Gasteiger partial charge in [0, 0.05) is 5.69 Å². The molecule has 1 aromatic carbocycles. The van der Waals surface area contributed by atoms with Crippen LogP contribution in [-0.4, -0.2) is 10.9 Å². The number of hydrogen-bond donors (Lipinski definition) is 1. The minimum atomic E-state index is -4.62. The lowest BCUT2D eigenvalue weighted by atomic mass is 10.2. The molecule has 0 saturated heterocycles. The summed E-state index contributed by atoms with van der Waals surface area (Å²) in [7, 11) is 0. The molecule has 120 valence electrons. The third-order valence-electron chi connectivity index (χ3n) is 2.69. The number of alkyl halides is 3. The van der Waals surface area contributed by atoms with Crippen molar-refractivity contribution >= 4 is 23.2 Å². The molecule has 0 aliphatic carbocycles. The van der Waals surface area contributed by atoms with Crippen molar-refractivity contribution in [3.63, 3.8) is 0 Å². The summed E-state index contributed by atoms with van der Waals surface area (Å²) in [5, 5.41) is 2.01. The molecular weight excluding hydrogens is 333 g/mol. The van der Waals surface area contributed by atoms with Crippen LogP contribution in [0.3, 0.4) is 0 Å². The molecule has 0 aliphatic rings. The Morgan fingerprint density at radius 1 is 1.26 bits per heavy atom. The summed E-state index contributed by atoms with van der Waals surface area (Å²) in [4.78, 5) is 15.6. The maximum Gasteiger partial charge on any atom is 0.416 e. The average Bonchev–Trinajstić information content (AvgIpc) is 2.48. The van der Waals surface area contributed by atoms with Crippen molar-refractivity contribution in [2.45, 2.75) is 6.18 Å². The third kappa shape index (κ3) is 4.46. The summed E-state index contributed by atoms with van der Waals surface area (Å²) in [5.41, 5.74) is -1.12. The van der Waals surface area contributed by atoms with Gasteiger partial charge in [-0.05, 0) is 36.4 Å². The Kier molecular flexibility index (Phi) is 4.90. The topological polar surface area (TPSA) is 51.2 Å². The van der Waals surface area contributed by atoms with Gasteiger partial charge in [0.15, 0.2) is 0 Å². The third-order valence-corrected chi connectivity index (χ3v) is 2.88. The van der Waals surface area contributed by atoms with Gasteiger partial charge in [-0.3, -0.25) is 4.79 Å². The highest BCUT2D eigenvalue weighted by atomic mass is 35.5. The molecule has 0 spiro atoms. The zero-order valence-corrected chi connectivity index (χ0v) is 12.3. The summed E-state index contributed by atoms with van der Waals surface area (Å²) in [6.45, 7) is 3.40. The van der Waals surface area contributed by atoms with E-state index < -0.39 is 28.5 Å². The first-order chi connectivity index (χ1) is 10.8. The fourth-order valence-electron chi connectivity index (χ4n) is 1.69. The quantitative estimate of drug-likeness (QED) is 0.656. The van der Waals surface area contributed by atoms with Gasteiger partial charge in [-0.1, -0.05) is 18.2 Å². The van der Waals surface area contributed by atoms with Crippen molar-refractivity contribution in [3.8, 4) is 5.75 Å². The van der Waals surface area contributed by atoms with Gasteiger partial charge in [0.25, 0.3) is 5.91 Å². The van der Waals surface area contributed by atoms with E-state index in [4.69, 9.17) is 16.3 Å². The summed E-state index contributed by atoms with van der Waals surface area (Å²) >= 11 is 5.54. The normalized spacial score (nSPS) is 11.0. The molecule has 8 heteroatoms. The van der Waals surface area contributed by atoms with Crippen LogP contribution in [-0.2, 0) is 6.18 Å². The Labute approximate surface area is 134 Å². The van der Waals surface area contributed by atoms with E-state index in [0.717, 1.165) is 0 Å². The van der Waals surface area contributed by atoms with Crippen molar-refractivity contribution in [1.82, 2.24) is 4.98 Å². The first kappa shape index (κ1) is 16.8. The van der Waals surface area contributed by atoms with Crippen molar-refractivity contribution in [2.24, 2.45) is 0 Å². The number of carbonyl (C=O) groups excluding carboxylic acids is 1. The Hall–Kier alpha value is -2.54. The van der Waals surface area contributed by atoms with Crippen LogP contribution in [0.2, 0.25) is 5.15 Å². The Balaban J connectivity index is 2.20. The zero-order chi connectivity index (χ0) is 17.0. The molecule has 23 heavy (non-hydrogen) atoms. The summed E-state index contributed by atoms with van der Waals surface area (Å²) in [6.07, 6.45) is -3.38.